The van der Waals surface area contributed by atoms with Gasteiger partial charge in [0.15, 0.2) is 0 Å². The standard InChI is InChI=1S/C23H24ClN3O/c1-15-13-23(2,3)27(4)21-12-20(24)16(11-19(15)21)10-17(14-25)22(28)26-18-8-6-5-7-9-18/h5-12,15H,13H2,1-4H3,(H,26,28)/b17-10+. The molecule has 0 aliphatic carbocycles. The van der Waals surface area contributed by atoms with Gasteiger partial charge in [0.1, 0.15) is 11.6 Å². The molecule has 1 unspecified atom stereocenters. The van der Waals surface area contributed by atoms with E-state index in [0.29, 0.717) is 22.2 Å². The minimum absolute atomic E-state index is 0.0165. The molecule has 0 fully saturated rings. The second-order valence-corrected chi connectivity index (χ2v) is 8.31. The van der Waals surface area contributed by atoms with E-state index in [1.165, 1.54) is 5.56 Å². The molecular weight excluding hydrogens is 370 g/mol. The van der Waals surface area contributed by atoms with Crippen LogP contribution in [-0.4, -0.2) is 18.5 Å². The second kappa shape index (κ2) is 7.69. The van der Waals surface area contributed by atoms with Crippen molar-refractivity contribution in [3.05, 3.63) is 64.2 Å². The van der Waals surface area contributed by atoms with Gasteiger partial charge in [-0.25, -0.2) is 0 Å². The fourth-order valence-electron chi connectivity index (χ4n) is 3.74. The molecule has 3 rings (SSSR count). The SMILES string of the molecule is CC1CC(C)(C)N(C)c2cc(Cl)c(/C=C(\C#N)C(=O)Nc3ccccc3)cc21. The Morgan fingerprint density at radius 2 is 2.00 bits per heavy atom. The number of nitriles is 1. The van der Waals surface area contributed by atoms with Gasteiger partial charge in [-0.2, -0.15) is 5.26 Å². The molecule has 144 valence electrons. The van der Waals surface area contributed by atoms with E-state index in [-0.39, 0.29) is 11.1 Å². The molecule has 1 aliphatic rings. The molecule has 28 heavy (non-hydrogen) atoms. The molecule has 0 aromatic heterocycles. The van der Waals surface area contributed by atoms with E-state index in [1.54, 1.807) is 18.2 Å². The number of carbonyl (C=O) groups excluding carboxylic acids is 1. The Labute approximate surface area is 171 Å². The van der Waals surface area contributed by atoms with Gasteiger partial charge in [-0.05, 0) is 67.7 Å². The summed E-state index contributed by atoms with van der Waals surface area (Å²) in [6.45, 7) is 6.63. The van der Waals surface area contributed by atoms with Gasteiger partial charge in [-0.1, -0.05) is 36.7 Å². The lowest BCUT2D eigenvalue weighted by molar-refractivity contribution is -0.112. The smallest absolute Gasteiger partial charge is 0.266 e. The number of nitrogens with zero attached hydrogens (tertiary/aromatic N) is 2. The molecule has 0 spiro atoms. The summed E-state index contributed by atoms with van der Waals surface area (Å²) in [4.78, 5) is 14.7. The topological polar surface area (TPSA) is 56.1 Å². The zero-order valence-electron chi connectivity index (χ0n) is 16.6. The van der Waals surface area contributed by atoms with Gasteiger partial charge in [-0.3, -0.25) is 4.79 Å². The monoisotopic (exact) mass is 393 g/mol. The molecule has 1 amide bonds. The van der Waals surface area contributed by atoms with Crippen LogP contribution in [0.2, 0.25) is 5.02 Å². The highest BCUT2D eigenvalue weighted by Crippen LogP contribution is 2.44. The van der Waals surface area contributed by atoms with Crippen molar-refractivity contribution in [2.45, 2.75) is 38.6 Å². The first-order valence-electron chi connectivity index (χ1n) is 9.28. The van der Waals surface area contributed by atoms with Crippen LogP contribution in [0.3, 0.4) is 0 Å². The first-order valence-corrected chi connectivity index (χ1v) is 9.66. The zero-order chi connectivity index (χ0) is 20.5. The number of nitrogens with one attached hydrogen (secondary N) is 1. The number of hydrogen-bond donors (Lipinski definition) is 1. The lowest BCUT2D eigenvalue weighted by Crippen LogP contribution is -2.45. The average molecular weight is 394 g/mol. The fourth-order valence-corrected chi connectivity index (χ4v) is 3.95. The number of hydrogen-bond acceptors (Lipinski definition) is 3. The third-order valence-corrected chi connectivity index (χ3v) is 5.78. The van der Waals surface area contributed by atoms with Crippen molar-refractivity contribution < 1.29 is 4.79 Å². The first kappa shape index (κ1) is 20.0. The number of rotatable bonds is 3. The minimum Gasteiger partial charge on any atom is -0.369 e. The van der Waals surface area contributed by atoms with Crippen LogP contribution in [-0.2, 0) is 4.79 Å². The minimum atomic E-state index is -0.450. The van der Waals surface area contributed by atoms with E-state index in [0.717, 1.165) is 12.1 Å². The van der Waals surface area contributed by atoms with Gasteiger partial charge in [0.2, 0.25) is 0 Å². The van der Waals surface area contributed by atoms with Crippen molar-refractivity contribution >= 4 is 35.0 Å². The predicted octanol–water partition coefficient (Wildman–Crippen LogP) is 5.61. The van der Waals surface area contributed by atoms with Gasteiger partial charge in [0, 0.05) is 29.0 Å². The second-order valence-electron chi connectivity index (χ2n) is 7.90. The molecule has 4 nitrogen and oxygen atoms in total. The van der Waals surface area contributed by atoms with Gasteiger partial charge < -0.3 is 10.2 Å². The number of benzene rings is 2. The summed E-state index contributed by atoms with van der Waals surface area (Å²) in [5.74, 6) is -0.0944. The van der Waals surface area contributed by atoms with Crippen LogP contribution in [0, 0.1) is 11.3 Å². The third-order valence-electron chi connectivity index (χ3n) is 5.45. The summed E-state index contributed by atoms with van der Waals surface area (Å²) in [7, 11) is 2.07. The van der Waals surface area contributed by atoms with Gasteiger partial charge in [0.05, 0.1) is 0 Å². The van der Waals surface area contributed by atoms with Crippen LogP contribution in [0.4, 0.5) is 11.4 Å². The summed E-state index contributed by atoms with van der Waals surface area (Å²) in [5.41, 5.74) is 3.66. The maximum atomic E-state index is 12.5. The summed E-state index contributed by atoms with van der Waals surface area (Å²) >= 11 is 6.52. The number of amides is 1. The van der Waals surface area contributed by atoms with Crippen molar-refractivity contribution in [2.75, 3.05) is 17.3 Å². The molecule has 2 aromatic rings. The van der Waals surface area contributed by atoms with Gasteiger partial charge in [0.25, 0.3) is 5.91 Å². The maximum absolute atomic E-state index is 12.5. The van der Waals surface area contributed by atoms with Crippen molar-refractivity contribution in [3.63, 3.8) is 0 Å². The lowest BCUT2D eigenvalue weighted by Gasteiger charge is -2.45. The third kappa shape index (κ3) is 3.90. The molecule has 1 atom stereocenters. The molecule has 0 saturated heterocycles. The Hall–Kier alpha value is -2.77. The van der Waals surface area contributed by atoms with E-state index < -0.39 is 5.91 Å². The van der Waals surface area contributed by atoms with Crippen LogP contribution in [0.15, 0.2) is 48.0 Å². The number of para-hydroxylation sites is 1. The molecule has 0 bridgehead atoms. The van der Waals surface area contributed by atoms with E-state index in [4.69, 9.17) is 11.6 Å². The van der Waals surface area contributed by atoms with E-state index >= 15 is 0 Å². The Bertz CT molecular complexity index is 973. The highest BCUT2D eigenvalue weighted by Gasteiger charge is 2.34. The van der Waals surface area contributed by atoms with E-state index in [1.807, 2.05) is 36.4 Å². The molecular formula is C23H24ClN3O. The lowest BCUT2D eigenvalue weighted by atomic mass is 9.80. The van der Waals surface area contributed by atoms with Crippen LogP contribution in [0.1, 0.15) is 44.2 Å². The van der Waals surface area contributed by atoms with Crippen molar-refractivity contribution in [3.8, 4) is 6.07 Å². The molecule has 5 heteroatoms. The normalized spacial score (nSPS) is 18.2. The van der Waals surface area contributed by atoms with Crippen molar-refractivity contribution in [2.24, 2.45) is 0 Å². The highest BCUT2D eigenvalue weighted by atomic mass is 35.5. The Balaban J connectivity index is 1.96. The zero-order valence-corrected chi connectivity index (χ0v) is 17.3. The Morgan fingerprint density at radius 1 is 1.32 bits per heavy atom. The molecule has 1 aliphatic heterocycles. The summed E-state index contributed by atoms with van der Waals surface area (Å²) < 4.78 is 0. The largest absolute Gasteiger partial charge is 0.369 e. The predicted molar refractivity (Wildman–Crippen MR) is 116 cm³/mol. The van der Waals surface area contributed by atoms with Crippen molar-refractivity contribution in [1.82, 2.24) is 0 Å². The number of fused-ring (bicyclic) bond motifs is 1. The Kier molecular flexibility index (Phi) is 5.49. The summed E-state index contributed by atoms with van der Waals surface area (Å²) in [5, 5.41) is 12.8. The number of anilines is 2. The van der Waals surface area contributed by atoms with Crippen molar-refractivity contribution in [1.29, 1.82) is 5.26 Å². The van der Waals surface area contributed by atoms with Crippen LogP contribution in [0.5, 0.6) is 0 Å². The average Bonchev–Trinajstić information content (AvgIpc) is 2.65. The molecule has 1 N–H and O–H groups in total. The highest BCUT2D eigenvalue weighted by molar-refractivity contribution is 6.32. The summed E-state index contributed by atoms with van der Waals surface area (Å²) in [6, 6.07) is 15.0. The molecule has 2 aromatic carbocycles. The summed E-state index contributed by atoms with van der Waals surface area (Å²) in [6.07, 6.45) is 2.58. The first-order chi connectivity index (χ1) is 13.2. The number of carbonyl (C=O) groups is 1. The molecule has 0 saturated carbocycles. The van der Waals surface area contributed by atoms with Gasteiger partial charge in [-0.15, -0.1) is 0 Å². The fraction of sp³-hybridized carbons (Fsp3) is 0.304. The van der Waals surface area contributed by atoms with Crippen LogP contribution in [0.25, 0.3) is 6.08 Å². The Morgan fingerprint density at radius 3 is 2.64 bits per heavy atom. The van der Waals surface area contributed by atoms with Gasteiger partial charge >= 0.3 is 0 Å². The number of halogens is 1. The molecule has 0 radical (unpaired) electrons. The maximum Gasteiger partial charge on any atom is 0.266 e. The quantitative estimate of drug-likeness (QED) is 0.544. The van der Waals surface area contributed by atoms with Crippen LogP contribution >= 0.6 is 11.6 Å². The van der Waals surface area contributed by atoms with Crippen LogP contribution < -0.4 is 10.2 Å². The molecule has 1 heterocycles. The van der Waals surface area contributed by atoms with E-state index in [2.05, 4.69) is 38.0 Å². The van der Waals surface area contributed by atoms with E-state index in [9.17, 15) is 10.1 Å².